The minimum absolute atomic E-state index is 0.487. The van der Waals surface area contributed by atoms with E-state index >= 15 is 0 Å². The second-order valence-corrected chi connectivity index (χ2v) is 3.55. The van der Waals surface area contributed by atoms with Gasteiger partial charge in [0.15, 0.2) is 0 Å². The van der Waals surface area contributed by atoms with Crippen LogP contribution in [0, 0.1) is 0 Å². The van der Waals surface area contributed by atoms with E-state index in [2.05, 4.69) is 30.6 Å². The summed E-state index contributed by atoms with van der Waals surface area (Å²) >= 11 is 0. The van der Waals surface area contributed by atoms with Crippen molar-refractivity contribution in [2.75, 3.05) is 19.0 Å². The van der Waals surface area contributed by atoms with Crippen molar-refractivity contribution in [3.05, 3.63) is 29.3 Å². The highest BCUT2D eigenvalue weighted by atomic mass is 16.5. The Morgan fingerprint density at radius 2 is 2.07 bits per heavy atom. The Bertz CT molecular complexity index is 297. The number of hydrogen-bond acceptors (Lipinski definition) is 3. The number of anilines is 1. The average Bonchev–Trinajstić information content (AvgIpc) is 2.17. The van der Waals surface area contributed by atoms with E-state index < -0.39 is 0 Å². The van der Waals surface area contributed by atoms with Gasteiger partial charge in [-0.15, -0.1) is 0 Å². The van der Waals surface area contributed by atoms with Gasteiger partial charge in [-0.05, 0) is 23.6 Å². The molecule has 2 N–H and O–H groups in total. The minimum Gasteiger partial charge on any atom is -0.377 e. The van der Waals surface area contributed by atoms with Crippen molar-refractivity contribution in [1.82, 2.24) is 5.48 Å². The zero-order valence-electron chi connectivity index (χ0n) is 9.04. The Labute approximate surface area is 85.3 Å². The SMILES string of the molecule is CCc1ccc(N(C)C)c(CNO)c1. The number of hydroxylamine groups is 1. The van der Waals surface area contributed by atoms with Crippen molar-refractivity contribution in [2.45, 2.75) is 19.9 Å². The summed E-state index contributed by atoms with van der Waals surface area (Å²) in [4.78, 5) is 2.05. The number of nitrogens with zero attached hydrogens (tertiary/aromatic N) is 1. The molecule has 0 radical (unpaired) electrons. The molecule has 0 saturated heterocycles. The summed E-state index contributed by atoms with van der Waals surface area (Å²) in [6.45, 7) is 2.61. The number of nitrogens with one attached hydrogen (secondary N) is 1. The second-order valence-electron chi connectivity index (χ2n) is 3.55. The van der Waals surface area contributed by atoms with Crippen molar-refractivity contribution in [3.8, 4) is 0 Å². The molecule has 1 rings (SSSR count). The Kier molecular flexibility index (Phi) is 3.92. The highest BCUT2D eigenvalue weighted by Gasteiger charge is 2.04. The summed E-state index contributed by atoms with van der Waals surface area (Å²) in [7, 11) is 4.00. The van der Waals surface area contributed by atoms with Gasteiger partial charge in [0, 0.05) is 26.3 Å². The van der Waals surface area contributed by atoms with Gasteiger partial charge in [-0.1, -0.05) is 19.1 Å². The molecule has 0 unspecified atom stereocenters. The van der Waals surface area contributed by atoms with Crippen LogP contribution in [0.2, 0.25) is 0 Å². The van der Waals surface area contributed by atoms with E-state index in [1.807, 2.05) is 19.0 Å². The second kappa shape index (κ2) is 4.98. The van der Waals surface area contributed by atoms with Gasteiger partial charge in [0.2, 0.25) is 0 Å². The number of rotatable bonds is 4. The van der Waals surface area contributed by atoms with Crippen molar-refractivity contribution in [1.29, 1.82) is 0 Å². The molecule has 1 aromatic carbocycles. The maximum absolute atomic E-state index is 8.72. The van der Waals surface area contributed by atoms with Crippen LogP contribution in [0.3, 0.4) is 0 Å². The van der Waals surface area contributed by atoms with Gasteiger partial charge in [0.25, 0.3) is 0 Å². The normalized spacial score (nSPS) is 10.3. The van der Waals surface area contributed by atoms with Gasteiger partial charge in [-0.3, -0.25) is 0 Å². The smallest absolute Gasteiger partial charge is 0.0478 e. The van der Waals surface area contributed by atoms with Gasteiger partial charge in [0.1, 0.15) is 0 Å². The van der Waals surface area contributed by atoms with Crippen LogP contribution in [0.1, 0.15) is 18.1 Å². The predicted octanol–water partition coefficient (Wildman–Crippen LogP) is 1.79. The van der Waals surface area contributed by atoms with Crippen LogP contribution in [-0.4, -0.2) is 19.3 Å². The molecule has 0 aliphatic heterocycles. The fourth-order valence-electron chi connectivity index (χ4n) is 1.52. The van der Waals surface area contributed by atoms with E-state index in [4.69, 9.17) is 5.21 Å². The third-order valence-corrected chi connectivity index (χ3v) is 2.30. The standard InChI is InChI=1S/C11H18N2O/c1-4-9-5-6-11(13(2)3)10(7-9)8-12-14/h5-7,12,14H,4,8H2,1-3H3. The average molecular weight is 194 g/mol. The van der Waals surface area contributed by atoms with Gasteiger partial charge in [-0.2, -0.15) is 0 Å². The molecule has 0 atom stereocenters. The van der Waals surface area contributed by atoms with Gasteiger partial charge >= 0.3 is 0 Å². The van der Waals surface area contributed by atoms with E-state index in [0.717, 1.165) is 17.7 Å². The van der Waals surface area contributed by atoms with Crippen LogP contribution in [0.25, 0.3) is 0 Å². The summed E-state index contributed by atoms with van der Waals surface area (Å²) < 4.78 is 0. The third-order valence-electron chi connectivity index (χ3n) is 2.30. The van der Waals surface area contributed by atoms with E-state index in [1.54, 1.807) is 0 Å². The molecule has 0 bridgehead atoms. The topological polar surface area (TPSA) is 35.5 Å². The first-order valence-corrected chi connectivity index (χ1v) is 4.85. The molecule has 0 aliphatic carbocycles. The summed E-state index contributed by atoms with van der Waals surface area (Å²) in [5, 5.41) is 8.72. The number of benzene rings is 1. The minimum atomic E-state index is 0.487. The van der Waals surface area contributed by atoms with Crippen LogP contribution in [-0.2, 0) is 13.0 Å². The van der Waals surface area contributed by atoms with E-state index in [0.29, 0.717) is 6.54 Å². The fourth-order valence-corrected chi connectivity index (χ4v) is 1.52. The molecule has 0 heterocycles. The van der Waals surface area contributed by atoms with Crippen molar-refractivity contribution in [2.24, 2.45) is 0 Å². The van der Waals surface area contributed by atoms with E-state index in [-0.39, 0.29) is 0 Å². The molecule has 0 spiro atoms. The Morgan fingerprint density at radius 3 is 2.57 bits per heavy atom. The summed E-state index contributed by atoms with van der Waals surface area (Å²) in [6.07, 6.45) is 1.02. The molecule has 78 valence electrons. The quantitative estimate of drug-likeness (QED) is 0.717. The van der Waals surface area contributed by atoms with Crippen LogP contribution in [0.4, 0.5) is 5.69 Å². The monoisotopic (exact) mass is 194 g/mol. The van der Waals surface area contributed by atoms with E-state index in [9.17, 15) is 0 Å². The van der Waals surface area contributed by atoms with E-state index in [1.165, 1.54) is 5.56 Å². The predicted molar refractivity (Wildman–Crippen MR) is 58.8 cm³/mol. The lowest BCUT2D eigenvalue weighted by molar-refractivity contribution is 0.161. The van der Waals surface area contributed by atoms with Crippen LogP contribution in [0.5, 0.6) is 0 Å². The van der Waals surface area contributed by atoms with Gasteiger partial charge in [0.05, 0.1) is 0 Å². The molecule has 0 aliphatic rings. The van der Waals surface area contributed by atoms with Crippen molar-refractivity contribution >= 4 is 5.69 Å². The van der Waals surface area contributed by atoms with Crippen LogP contribution in [0.15, 0.2) is 18.2 Å². The number of hydrogen-bond donors (Lipinski definition) is 2. The molecule has 0 fully saturated rings. The molecule has 0 saturated carbocycles. The molecule has 14 heavy (non-hydrogen) atoms. The molecule has 1 aromatic rings. The first-order valence-electron chi connectivity index (χ1n) is 4.85. The van der Waals surface area contributed by atoms with Gasteiger partial charge < -0.3 is 10.1 Å². The molecular formula is C11H18N2O. The molecule has 0 amide bonds. The first-order chi connectivity index (χ1) is 6.69. The maximum Gasteiger partial charge on any atom is 0.0478 e. The largest absolute Gasteiger partial charge is 0.377 e. The fraction of sp³-hybridized carbons (Fsp3) is 0.455. The lowest BCUT2D eigenvalue weighted by Crippen LogP contribution is -2.15. The highest BCUT2D eigenvalue weighted by molar-refractivity contribution is 5.54. The highest BCUT2D eigenvalue weighted by Crippen LogP contribution is 2.20. The molecular weight excluding hydrogens is 176 g/mol. The van der Waals surface area contributed by atoms with Crippen LogP contribution >= 0.6 is 0 Å². The maximum atomic E-state index is 8.72. The number of aryl methyl sites for hydroxylation is 1. The zero-order chi connectivity index (χ0) is 10.6. The van der Waals surface area contributed by atoms with Gasteiger partial charge in [-0.25, -0.2) is 5.48 Å². The molecule has 3 nitrogen and oxygen atoms in total. The lowest BCUT2D eigenvalue weighted by atomic mass is 10.1. The lowest BCUT2D eigenvalue weighted by Gasteiger charge is -2.18. The summed E-state index contributed by atoms with van der Waals surface area (Å²) in [5.41, 5.74) is 5.76. The Morgan fingerprint density at radius 1 is 1.36 bits per heavy atom. The molecule has 3 heteroatoms. The Balaban J connectivity index is 3.03. The Hall–Kier alpha value is -1.06. The van der Waals surface area contributed by atoms with Crippen molar-refractivity contribution < 1.29 is 5.21 Å². The third kappa shape index (κ3) is 2.47. The summed E-state index contributed by atoms with van der Waals surface area (Å²) in [6, 6.07) is 6.33. The van der Waals surface area contributed by atoms with Crippen LogP contribution < -0.4 is 10.4 Å². The van der Waals surface area contributed by atoms with Crippen molar-refractivity contribution in [3.63, 3.8) is 0 Å². The molecule has 0 aromatic heterocycles. The first kappa shape index (κ1) is 11.0. The summed E-state index contributed by atoms with van der Waals surface area (Å²) in [5.74, 6) is 0. The zero-order valence-corrected chi connectivity index (χ0v) is 9.04.